The number of carboxylic acid groups (broad SMARTS) is 1. The monoisotopic (exact) mass is 314 g/mol. The SMILES string of the molecule is O=C(O)N1CC2C(/C=N\O)C2(c2ccc(Cl)c(Cl)c2)C1. The molecule has 1 aromatic rings. The maximum absolute atomic E-state index is 11.1. The Morgan fingerprint density at radius 3 is 2.80 bits per heavy atom. The molecule has 0 spiro atoms. The van der Waals surface area contributed by atoms with Crippen LogP contribution in [-0.4, -0.2) is 40.6 Å². The molecule has 2 fully saturated rings. The number of benzene rings is 1. The van der Waals surface area contributed by atoms with Crippen molar-refractivity contribution < 1.29 is 15.1 Å². The molecule has 7 heteroatoms. The molecule has 1 saturated heterocycles. The number of hydrogen-bond donors (Lipinski definition) is 2. The van der Waals surface area contributed by atoms with Gasteiger partial charge in [-0.25, -0.2) is 4.79 Å². The van der Waals surface area contributed by atoms with Crippen molar-refractivity contribution in [2.45, 2.75) is 5.41 Å². The Morgan fingerprint density at radius 1 is 1.45 bits per heavy atom. The van der Waals surface area contributed by atoms with Crippen LogP contribution in [-0.2, 0) is 5.41 Å². The third-order valence-corrected chi connectivity index (χ3v) is 5.14. The van der Waals surface area contributed by atoms with E-state index in [1.54, 1.807) is 12.1 Å². The maximum Gasteiger partial charge on any atom is 0.407 e. The molecular weight excluding hydrogens is 303 g/mol. The average molecular weight is 315 g/mol. The van der Waals surface area contributed by atoms with Crippen molar-refractivity contribution in [2.24, 2.45) is 17.0 Å². The smallest absolute Gasteiger partial charge is 0.407 e. The van der Waals surface area contributed by atoms with Crippen LogP contribution >= 0.6 is 23.2 Å². The molecule has 0 bridgehead atoms. The summed E-state index contributed by atoms with van der Waals surface area (Å²) in [6.45, 7) is 0.813. The molecule has 1 aromatic carbocycles. The van der Waals surface area contributed by atoms with Crippen molar-refractivity contribution in [3.63, 3.8) is 0 Å². The Kier molecular flexibility index (Phi) is 3.06. The molecule has 20 heavy (non-hydrogen) atoms. The number of hydrogen-bond acceptors (Lipinski definition) is 3. The number of rotatable bonds is 2. The third-order valence-electron chi connectivity index (χ3n) is 4.41. The predicted molar refractivity (Wildman–Crippen MR) is 75.0 cm³/mol. The highest BCUT2D eigenvalue weighted by molar-refractivity contribution is 6.42. The first-order valence-electron chi connectivity index (χ1n) is 6.11. The van der Waals surface area contributed by atoms with E-state index in [9.17, 15) is 4.79 Å². The standard InChI is InChI=1S/C13H12Cl2N2O3/c14-10-2-1-7(3-11(10)15)13-6-17(12(18)19)5-9(13)8(13)4-16-20/h1-4,8-9,20H,5-6H2,(H,18,19)/b16-4-. The van der Waals surface area contributed by atoms with Crippen molar-refractivity contribution in [3.05, 3.63) is 33.8 Å². The minimum Gasteiger partial charge on any atom is -0.465 e. The molecule has 1 amide bonds. The van der Waals surface area contributed by atoms with Gasteiger partial charge in [-0.3, -0.25) is 0 Å². The fraction of sp³-hybridized carbons (Fsp3) is 0.385. The van der Waals surface area contributed by atoms with Crippen LogP contribution in [0.4, 0.5) is 4.79 Å². The first kappa shape index (κ1) is 13.5. The second-order valence-electron chi connectivity index (χ2n) is 5.23. The van der Waals surface area contributed by atoms with Gasteiger partial charge in [0.15, 0.2) is 0 Å². The molecule has 1 aliphatic carbocycles. The summed E-state index contributed by atoms with van der Waals surface area (Å²) >= 11 is 12.0. The van der Waals surface area contributed by atoms with Gasteiger partial charge >= 0.3 is 6.09 Å². The van der Waals surface area contributed by atoms with Gasteiger partial charge in [-0.1, -0.05) is 29.3 Å². The maximum atomic E-state index is 11.1. The molecule has 3 rings (SSSR count). The molecular formula is C13H12Cl2N2O3. The summed E-state index contributed by atoms with van der Waals surface area (Å²) in [6.07, 6.45) is 0.545. The van der Waals surface area contributed by atoms with E-state index >= 15 is 0 Å². The second-order valence-corrected chi connectivity index (χ2v) is 6.04. The van der Waals surface area contributed by atoms with Crippen molar-refractivity contribution >= 4 is 35.5 Å². The lowest BCUT2D eigenvalue weighted by Gasteiger charge is -2.20. The zero-order chi connectivity index (χ0) is 14.5. The molecule has 106 valence electrons. The fourth-order valence-electron chi connectivity index (χ4n) is 3.41. The zero-order valence-electron chi connectivity index (χ0n) is 10.3. The van der Waals surface area contributed by atoms with E-state index < -0.39 is 6.09 Å². The lowest BCUT2D eigenvalue weighted by Crippen LogP contribution is -2.33. The molecule has 0 aromatic heterocycles. The van der Waals surface area contributed by atoms with Crippen LogP contribution in [0.2, 0.25) is 10.0 Å². The number of likely N-dealkylation sites (tertiary alicyclic amines) is 1. The largest absolute Gasteiger partial charge is 0.465 e. The summed E-state index contributed by atoms with van der Waals surface area (Å²) < 4.78 is 0. The van der Waals surface area contributed by atoms with Crippen LogP contribution in [0, 0.1) is 11.8 Å². The summed E-state index contributed by atoms with van der Waals surface area (Å²) in [5.41, 5.74) is 0.587. The van der Waals surface area contributed by atoms with Gasteiger partial charge < -0.3 is 15.2 Å². The highest BCUT2D eigenvalue weighted by Gasteiger charge is 2.70. The molecule has 1 aliphatic heterocycles. The van der Waals surface area contributed by atoms with Crippen LogP contribution in [0.25, 0.3) is 0 Å². The van der Waals surface area contributed by atoms with Crippen LogP contribution in [0.5, 0.6) is 0 Å². The van der Waals surface area contributed by atoms with Crippen LogP contribution in [0.1, 0.15) is 5.56 Å². The lowest BCUT2D eigenvalue weighted by molar-refractivity contribution is 0.148. The van der Waals surface area contributed by atoms with E-state index in [1.165, 1.54) is 11.1 Å². The normalized spacial score (nSPS) is 31.6. The highest BCUT2D eigenvalue weighted by atomic mass is 35.5. The minimum absolute atomic E-state index is 0.0281. The predicted octanol–water partition coefficient (Wildman–Crippen LogP) is 2.93. The number of fused-ring (bicyclic) bond motifs is 1. The van der Waals surface area contributed by atoms with Gasteiger partial charge in [-0.15, -0.1) is 5.16 Å². The number of oxime groups is 1. The van der Waals surface area contributed by atoms with Gasteiger partial charge in [0.05, 0.1) is 10.0 Å². The molecule has 1 saturated carbocycles. The van der Waals surface area contributed by atoms with Crippen LogP contribution < -0.4 is 0 Å². The topological polar surface area (TPSA) is 73.1 Å². The number of carbonyl (C=O) groups is 1. The third kappa shape index (κ3) is 1.77. The van der Waals surface area contributed by atoms with Crippen LogP contribution in [0.3, 0.4) is 0 Å². The fourth-order valence-corrected chi connectivity index (χ4v) is 3.70. The Morgan fingerprint density at radius 2 is 2.20 bits per heavy atom. The molecule has 5 nitrogen and oxygen atoms in total. The van der Waals surface area contributed by atoms with E-state index in [2.05, 4.69) is 5.16 Å². The summed E-state index contributed by atoms with van der Waals surface area (Å²) in [6, 6.07) is 5.34. The first-order chi connectivity index (χ1) is 9.50. The number of halogens is 2. The van der Waals surface area contributed by atoms with Crippen LogP contribution in [0.15, 0.2) is 23.4 Å². The Labute approximate surface area is 125 Å². The quantitative estimate of drug-likeness (QED) is 0.501. The summed E-state index contributed by atoms with van der Waals surface area (Å²) in [5.74, 6) is 0.145. The Balaban J connectivity index is 1.98. The van der Waals surface area contributed by atoms with Crippen molar-refractivity contribution in [3.8, 4) is 0 Å². The van der Waals surface area contributed by atoms with E-state index in [-0.39, 0.29) is 17.3 Å². The van der Waals surface area contributed by atoms with E-state index in [4.69, 9.17) is 33.5 Å². The lowest BCUT2D eigenvalue weighted by atomic mass is 9.93. The summed E-state index contributed by atoms with van der Waals surface area (Å²) in [5, 5.41) is 21.9. The highest BCUT2D eigenvalue weighted by Crippen LogP contribution is 2.63. The van der Waals surface area contributed by atoms with E-state index in [0.29, 0.717) is 23.1 Å². The van der Waals surface area contributed by atoms with Gasteiger partial charge in [0, 0.05) is 30.6 Å². The molecule has 0 radical (unpaired) electrons. The minimum atomic E-state index is -0.934. The average Bonchev–Trinajstić information content (AvgIpc) is 2.83. The van der Waals surface area contributed by atoms with Gasteiger partial charge in [0.25, 0.3) is 0 Å². The van der Waals surface area contributed by atoms with Gasteiger partial charge in [0.1, 0.15) is 0 Å². The van der Waals surface area contributed by atoms with Crippen molar-refractivity contribution in [2.75, 3.05) is 13.1 Å². The molecule has 1 heterocycles. The molecule has 2 N–H and O–H groups in total. The second kappa shape index (κ2) is 4.53. The van der Waals surface area contributed by atoms with E-state index in [1.807, 2.05) is 6.07 Å². The van der Waals surface area contributed by atoms with Gasteiger partial charge in [-0.2, -0.15) is 0 Å². The summed E-state index contributed by atoms with van der Waals surface area (Å²) in [7, 11) is 0. The van der Waals surface area contributed by atoms with E-state index in [0.717, 1.165) is 5.56 Å². The summed E-state index contributed by atoms with van der Waals surface area (Å²) in [4.78, 5) is 12.5. The van der Waals surface area contributed by atoms with Crippen molar-refractivity contribution in [1.82, 2.24) is 4.90 Å². The number of piperidine rings is 1. The molecule has 2 aliphatic rings. The first-order valence-corrected chi connectivity index (χ1v) is 6.87. The Hall–Kier alpha value is -1.46. The Bertz CT molecular complexity index is 607. The van der Waals surface area contributed by atoms with Gasteiger partial charge in [0.2, 0.25) is 0 Å². The zero-order valence-corrected chi connectivity index (χ0v) is 11.8. The number of nitrogens with zero attached hydrogens (tertiary/aromatic N) is 2. The number of amides is 1. The van der Waals surface area contributed by atoms with Gasteiger partial charge in [-0.05, 0) is 23.6 Å². The van der Waals surface area contributed by atoms with Crippen molar-refractivity contribution in [1.29, 1.82) is 0 Å². The molecule has 3 unspecified atom stereocenters. The molecule has 3 atom stereocenters.